The van der Waals surface area contributed by atoms with Crippen LogP contribution in [0.25, 0.3) is 10.2 Å². The number of benzene rings is 2. The van der Waals surface area contributed by atoms with E-state index in [0.717, 1.165) is 47.5 Å². The third-order valence-corrected chi connectivity index (χ3v) is 13.4. The number of fused-ring (bicyclic) bond motifs is 2. The highest BCUT2D eigenvalue weighted by molar-refractivity contribution is 7.89. The number of hydrogen-bond donors (Lipinski definition) is 3. The van der Waals surface area contributed by atoms with Gasteiger partial charge in [-0.15, -0.1) is 0 Å². The number of carbonyl (C=O) groups is 1. The maximum atomic E-state index is 14.3. The van der Waals surface area contributed by atoms with Gasteiger partial charge in [-0.2, -0.15) is 4.31 Å². The number of alkyl carbamates (subject to hydrolysis) is 1. The Hall–Kier alpha value is -2.88. The number of carbonyl (C=O) groups excluding carboxylic acids is 1. The predicted octanol–water partition coefficient (Wildman–Crippen LogP) is 4.51. The van der Waals surface area contributed by atoms with Crippen LogP contribution in [0.15, 0.2) is 47.4 Å². The molecule has 1 amide bonds. The van der Waals surface area contributed by atoms with E-state index in [4.69, 9.17) is 14.2 Å². The zero-order chi connectivity index (χ0) is 33.2. The standard InChI is InChI=1S/C34H41FN4O7S2/c1-34(10-11-34)18-39(48(42,43)23-8-9-26-29(14-23)47-32(37-26)36-22-6-7-22)15-28(40)27(12-19-2-4-21(35)5-3-19)38-33(41)46-30-20-13-24-25(30)17-45-31(24)44-16-20/h2-5,8-9,14,20,22,24-25,27-28,30-31,40H,6-7,10-13,15-18H2,1H3,(H,36,37)(H,38,41)/t20?,24?,25?,27-,28+,30?,31?/m0/s1. The Kier molecular flexibility index (Phi) is 8.40. The molecule has 3 aromatic rings. The Morgan fingerprint density at radius 3 is 2.69 bits per heavy atom. The first-order valence-electron chi connectivity index (χ1n) is 16.8. The van der Waals surface area contributed by atoms with E-state index in [1.807, 2.05) is 6.92 Å². The summed E-state index contributed by atoms with van der Waals surface area (Å²) in [7, 11) is -4.05. The second-order valence-electron chi connectivity index (χ2n) is 14.6. The smallest absolute Gasteiger partial charge is 0.407 e. The first kappa shape index (κ1) is 32.3. The van der Waals surface area contributed by atoms with Gasteiger partial charge >= 0.3 is 6.09 Å². The van der Waals surface area contributed by atoms with Crippen LogP contribution in [0.5, 0.6) is 0 Å². The van der Waals surface area contributed by atoms with E-state index in [-0.39, 0.29) is 60.0 Å². The Bertz CT molecular complexity index is 1780. The van der Waals surface area contributed by atoms with Crippen LogP contribution in [-0.2, 0) is 30.7 Å². The number of hydrogen-bond acceptors (Lipinski definition) is 10. The largest absolute Gasteiger partial charge is 0.445 e. The van der Waals surface area contributed by atoms with E-state index < -0.39 is 34.1 Å². The number of rotatable bonds is 13. The number of aliphatic hydroxyl groups excluding tert-OH is 1. The maximum absolute atomic E-state index is 14.3. The summed E-state index contributed by atoms with van der Waals surface area (Å²) >= 11 is 1.43. The Balaban J connectivity index is 1.03. The molecule has 3 N–H and O–H groups in total. The van der Waals surface area contributed by atoms with Crippen LogP contribution in [-0.4, -0.2) is 85.8 Å². The van der Waals surface area contributed by atoms with Crippen molar-refractivity contribution in [1.29, 1.82) is 0 Å². The first-order chi connectivity index (χ1) is 23.0. The van der Waals surface area contributed by atoms with Crippen molar-refractivity contribution in [3.63, 3.8) is 0 Å². The van der Waals surface area contributed by atoms with E-state index >= 15 is 0 Å². The Labute approximate surface area is 283 Å². The highest BCUT2D eigenvalue weighted by Crippen LogP contribution is 2.49. The molecule has 5 fully saturated rings. The fraction of sp³-hybridized carbons (Fsp3) is 0.588. The molecule has 3 saturated carbocycles. The third-order valence-electron chi connectivity index (χ3n) is 10.6. The normalized spacial score (nSPS) is 28.4. The minimum atomic E-state index is -4.05. The Morgan fingerprint density at radius 1 is 1.17 bits per heavy atom. The van der Waals surface area contributed by atoms with Crippen LogP contribution >= 0.6 is 11.3 Å². The minimum Gasteiger partial charge on any atom is -0.445 e. The molecule has 5 aliphatic rings. The minimum absolute atomic E-state index is 0.0464. The lowest BCUT2D eigenvalue weighted by atomic mass is 9.98. The van der Waals surface area contributed by atoms with Gasteiger partial charge in [0.15, 0.2) is 11.4 Å². The molecule has 5 unspecified atom stereocenters. The molecule has 14 heteroatoms. The molecule has 1 aromatic heterocycles. The van der Waals surface area contributed by atoms with E-state index in [0.29, 0.717) is 24.8 Å². The van der Waals surface area contributed by atoms with E-state index in [2.05, 4.69) is 15.6 Å². The summed E-state index contributed by atoms with van der Waals surface area (Å²) in [5, 5.41) is 18.7. The maximum Gasteiger partial charge on any atom is 0.407 e. The average Bonchev–Trinajstić information content (AvgIpc) is 3.89. The van der Waals surface area contributed by atoms with E-state index in [1.165, 1.54) is 27.8 Å². The van der Waals surface area contributed by atoms with Gasteiger partial charge in [-0.1, -0.05) is 30.4 Å². The number of ether oxygens (including phenoxy) is 3. The van der Waals surface area contributed by atoms with Gasteiger partial charge in [-0.25, -0.2) is 22.6 Å². The summed E-state index contributed by atoms with van der Waals surface area (Å²) in [5.74, 6) is -0.0963. The van der Waals surface area contributed by atoms with E-state index in [9.17, 15) is 22.7 Å². The number of aromatic nitrogens is 1. The van der Waals surface area contributed by atoms with Crippen molar-refractivity contribution >= 4 is 42.8 Å². The molecule has 2 saturated heterocycles. The molecule has 48 heavy (non-hydrogen) atoms. The monoisotopic (exact) mass is 700 g/mol. The summed E-state index contributed by atoms with van der Waals surface area (Å²) in [4.78, 5) is 18.2. The predicted molar refractivity (Wildman–Crippen MR) is 176 cm³/mol. The molecule has 0 spiro atoms. The van der Waals surface area contributed by atoms with Crippen molar-refractivity contribution in [3.8, 4) is 0 Å². The van der Waals surface area contributed by atoms with Gasteiger partial charge < -0.3 is 30.0 Å². The molecule has 11 nitrogen and oxygen atoms in total. The van der Waals surface area contributed by atoms with Crippen molar-refractivity contribution in [3.05, 3.63) is 53.8 Å². The van der Waals surface area contributed by atoms with Gasteiger partial charge in [0.05, 0.1) is 40.5 Å². The zero-order valence-electron chi connectivity index (χ0n) is 26.7. The number of amides is 1. The number of anilines is 1. The first-order valence-corrected chi connectivity index (χ1v) is 19.1. The van der Waals surface area contributed by atoms with Crippen molar-refractivity contribution in [2.45, 2.75) is 80.9 Å². The number of sulfonamides is 1. The number of nitrogens with one attached hydrogen (secondary N) is 2. The molecule has 2 aromatic carbocycles. The van der Waals surface area contributed by atoms with Crippen LogP contribution in [0, 0.1) is 29.0 Å². The quantitative estimate of drug-likeness (QED) is 0.235. The molecular formula is C34H41FN4O7S2. The van der Waals surface area contributed by atoms with Crippen molar-refractivity contribution in [2.75, 3.05) is 31.6 Å². The lowest BCUT2D eigenvalue weighted by molar-refractivity contribution is -0.169. The second-order valence-corrected chi connectivity index (χ2v) is 17.5. The SMILES string of the molecule is CC1(CN(C[C@@H](O)[C@H](Cc2ccc(F)cc2)NC(=O)OC2C3COC4OCC2C4C3)S(=O)(=O)c2ccc3nc(NC4CC4)sc3c2)CC1. The molecule has 8 rings (SSSR count). The second kappa shape index (κ2) is 12.5. The molecule has 3 aliphatic carbocycles. The molecule has 2 aliphatic heterocycles. The third kappa shape index (κ3) is 6.67. The number of aliphatic hydroxyl groups is 1. The molecule has 3 heterocycles. The fourth-order valence-corrected chi connectivity index (χ4v) is 10.1. The summed E-state index contributed by atoms with van der Waals surface area (Å²) in [6.07, 6.45) is 2.34. The van der Waals surface area contributed by atoms with Crippen molar-refractivity contribution < 1.29 is 36.9 Å². The highest BCUT2D eigenvalue weighted by atomic mass is 32.2. The zero-order valence-corrected chi connectivity index (χ0v) is 28.3. The van der Waals surface area contributed by atoms with Gasteiger partial charge in [0.25, 0.3) is 0 Å². The van der Waals surface area contributed by atoms with Gasteiger partial charge in [-0.05, 0) is 79.8 Å². The number of thiazole rings is 1. The fourth-order valence-electron chi connectivity index (χ4n) is 7.38. The topological polar surface area (TPSA) is 139 Å². The molecule has 7 atom stereocenters. The summed E-state index contributed by atoms with van der Waals surface area (Å²) in [6, 6.07) is 10.3. The van der Waals surface area contributed by atoms with Gasteiger partial charge in [0, 0.05) is 36.9 Å². The molecular weight excluding hydrogens is 660 g/mol. The van der Waals surface area contributed by atoms with E-state index in [1.54, 1.807) is 30.3 Å². The van der Waals surface area contributed by atoms with Crippen LogP contribution in [0.4, 0.5) is 14.3 Å². The van der Waals surface area contributed by atoms with Crippen LogP contribution in [0.3, 0.4) is 0 Å². The molecule has 0 radical (unpaired) electrons. The van der Waals surface area contributed by atoms with Gasteiger partial charge in [0.1, 0.15) is 11.9 Å². The summed E-state index contributed by atoms with van der Waals surface area (Å²) < 4.78 is 61.9. The number of nitrogens with zero attached hydrogens (tertiary/aromatic N) is 2. The summed E-state index contributed by atoms with van der Waals surface area (Å²) in [6.45, 7) is 2.93. The van der Waals surface area contributed by atoms with Crippen molar-refractivity contribution in [2.24, 2.45) is 23.2 Å². The van der Waals surface area contributed by atoms with Crippen molar-refractivity contribution in [1.82, 2.24) is 14.6 Å². The molecule has 258 valence electrons. The van der Waals surface area contributed by atoms with Crippen LogP contribution < -0.4 is 10.6 Å². The van der Waals surface area contributed by atoms with Crippen LogP contribution in [0.1, 0.15) is 44.6 Å². The van der Waals surface area contributed by atoms with Crippen LogP contribution in [0.2, 0.25) is 0 Å². The summed E-state index contributed by atoms with van der Waals surface area (Å²) in [5.41, 5.74) is 1.19. The number of halogens is 1. The lowest BCUT2D eigenvalue weighted by Crippen LogP contribution is -2.52. The molecule has 2 bridgehead atoms. The highest BCUT2D eigenvalue weighted by Gasteiger charge is 2.56. The van der Waals surface area contributed by atoms with Gasteiger partial charge in [0.2, 0.25) is 10.0 Å². The average molecular weight is 701 g/mol. The Morgan fingerprint density at radius 2 is 1.94 bits per heavy atom. The lowest BCUT2D eigenvalue weighted by Gasteiger charge is -2.32. The van der Waals surface area contributed by atoms with Gasteiger partial charge in [-0.3, -0.25) is 0 Å².